The van der Waals surface area contributed by atoms with Gasteiger partial charge < -0.3 is 4.74 Å². The van der Waals surface area contributed by atoms with Crippen molar-refractivity contribution < 1.29 is 18.3 Å². The van der Waals surface area contributed by atoms with E-state index in [0.717, 1.165) is 4.47 Å². The minimum Gasteiger partial charge on any atom is -0.466 e. The first-order chi connectivity index (χ1) is 7.98. The maximum Gasteiger partial charge on any atom is 0.315 e. The largest absolute Gasteiger partial charge is 0.466 e. The summed E-state index contributed by atoms with van der Waals surface area (Å²) in [6.45, 7) is 1.73. The molecule has 0 heterocycles. The smallest absolute Gasteiger partial charge is 0.315 e. The van der Waals surface area contributed by atoms with Crippen molar-refractivity contribution in [2.75, 3.05) is 6.61 Å². The van der Waals surface area contributed by atoms with E-state index in [1.807, 2.05) is 0 Å². The van der Waals surface area contributed by atoms with Crippen LogP contribution in [0.3, 0.4) is 0 Å². The minimum absolute atomic E-state index is 0.123. The molecule has 0 aliphatic heterocycles. The number of halogens is 3. The molecule has 1 saturated carbocycles. The molecule has 17 heavy (non-hydrogen) atoms. The summed E-state index contributed by atoms with van der Waals surface area (Å²) in [5, 5.41) is 0. The van der Waals surface area contributed by atoms with E-state index in [4.69, 9.17) is 0 Å². The highest BCUT2D eigenvalue weighted by Gasteiger charge is 2.73. The normalized spacial score (nSPS) is 25.4. The van der Waals surface area contributed by atoms with E-state index in [1.54, 1.807) is 31.2 Å². The Hall–Kier alpha value is -0.970. The topological polar surface area (TPSA) is 26.3 Å². The van der Waals surface area contributed by atoms with Gasteiger partial charge in [-0.25, -0.2) is 8.78 Å². The van der Waals surface area contributed by atoms with Crippen LogP contribution in [0.25, 0.3) is 0 Å². The van der Waals surface area contributed by atoms with Gasteiger partial charge in [0, 0.05) is 4.47 Å². The van der Waals surface area contributed by atoms with E-state index < -0.39 is 23.7 Å². The van der Waals surface area contributed by atoms with E-state index in [0.29, 0.717) is 5.56 Å². The van der Waals surface area contributed by atoms with Crippen LogP contribution in [0.4, 0.5) is 8.78 Å². The fourth-order valence-electron chi connectivity index (χ4n) is 1.94. The highest BCUT2D eigenvalue weighted by atomic mass is 79.9. The Bertz CT molecular complexity index is 431. The van der Waals surface area contributed by atoms with Gasteiger partial charge in [0.15, 0.2) is 0 Å². The lowest BCUT2D eigenvalue weighted by Gasteiger charge is -1.99. The maximum absolute atomic E-state index is 13.5. The predicted octanol–water partition coefficient (Wildman–Crippen LogP) is 3.36. The van der Waals surface area contributed by atoms with Crippen LogP contribution in [0, 0.1) is 5.92 Å². The Morgan fingerprint density at radius 1 is 1.41 bits per heavy atom. The summed E-state index contributed by atoms with van der Waals surface area (Å²) in [6.07, 6.45) is 0. The van der Waals surface area contributed by atoms with Gasteiger partial charge in [0.2, 0.25) is 0 Å². The lowest BCUT2D eigenvalue weighted by molar-refractivity contribution is -0.147. The fraction of sp³-hybridized carbons (Fsp3) is 0.417. The molecule has 0 radical (unpaired) electrons. The summed E-state index contributed by atoms with van der Waals surface area (Å²) >= 11 is 3.23. The third kappa shape index (κ3) is 2.20. The minimum atomic E-state index is -2.99. The molecule has 2 rings (SSSR count). The number of carbonyl (C=O) groups excluding carboxylic acids is 1. The van der Waals surface area contributed by atoms with Crippen molar-refractivity contribution in [2.24, 2.45) is 5.92 Å². The van der Waals surface area contributed by atoms with Crippen molar-refractivity contribution in [3.63, 3.8) is 0 Å². The van der Waals surface area contributed by atoms with Crippen molar-refractivity contribution in [1.29, 1.82) is 0 Å². The molecular formula is C12H11BrF2O2. The molecular weight excluding hydrogens is 294 g/mol. The van der Waals surface area contributed by atoms with Gasteiger partial charge in [0.05, 0.1) is 12.5 Å². The Morgan fingerprint density at radius 3 is 2.53 bits per heavy atom. The second-order valence-electron chi connectivity index (χ2n) is 3.93. The van der Waals surface area contributed by atoms with Crippen LogP contribution in [-0.2, 0) is 9.53 Å². The summed E-state index contributed by atoms with van der Waals surface area (Å²) < 4.78 is 32.5. The molecule has 0 saturated heterocycles. The number of hydrogen-bond acceptors (Lipinski definition) is 2. The Kier molecular flexibility index (Phi) is 3.21. The van der Waals surface area contributed by atoms with Gasteiger partial charge in [0.1, 0.15) is 5.92 Å². The molecule has 0 spiro atoms. The van der Waals surface area contributed by atoms with Gasteiger partial charge in [-0.15, -0.1) is 0 Å². The highest BCUT2D eigenvalue weighted by molar-refractivity contribution is 9.10. The summed E-state index contributed by atoms with van der Waals surface area (Å²) in [7, 11) is 0. The summed E-state index contributed by atoms with van der Waals surface area (Å²) in [4.78, 5) is 11.4. The lowest BCUT2D eigenvalue weighted by atomic mass is 10.1. The van der Waals surface area contributed by atoms with Crippen molar-refractivity contribution in [2.45, 2.75) is 18.8 Å². The molecule has 2 atom stereocenters. The first-order valence-corrected chi connectivity index (χ1v) is 6.07. The van der Waals surface area contributed by atoms with Crippen LogP contribution in [0.2, 0.25) is 0 Å². The van der Waals surface area contributed by atoms with Crippen molar-refractivity contribution >= 4 is 21.9 Å². The molecule has 0 aromatic heterocycles. The zero-order valence-electron chi connectivity index (χ0n) is 9.12. The molecule has 1 aliphatic carbocycles. The Morgan fingerprint density at radius 2 is 2.00 bits per heavy atom. The van der Waals surface area contributed by atoms with Gasteiger partial charge in [-0.2, -0.15) is 0 Å². The standard InChI is InChI=1S/C12H11BrF2O2/c1-2-17-11(16)10-9(12(10,14)15)7-3-5-8(13)6-4-7/h3-6,9-10H,2H2,1H3. The van der Waals surface area contributed by atoms with Crippen LogP contribution in [-0.4, -0.2) is 18.5 Å². The number of carbonyl (C=O) groups is 1. The zero-order chi connectivity index (χ0) is 12.6. The number of rotatable bonds is 3. The Labute approximate surface area is 106 Å². The first-order valence-electron chi connectivity index (χ1n) is 5.28. The van der Waals surface area contributed by atoms with Crippen molar-refractivity contribution in [3.05, 3.63) is 34.3 Å². The average Bonchev–Trinajstić information content (AvgIpc) is 2.83. The molecule has 0 N–H and O–H groups in total. The van der Waals surface area contributed by atoms with Gasteiger partial charge in [-0.1, -0.05) is 28.1 Å². The summed E-state index contributed by atoms with van der Waals surface area (Å²) in [5.74, 6) is -6.18. The van der Waals surface area contributed by atoms with Crippen LogP contribution in [0.5, 0.6) is 0 Å². The first kappa shape index (κ1) is 12.5. The van der Waals surface area contributed by atoms with Crippen LogP contribution in [0.1, 0.15) is 18.4 Å². The number of benzene rings is 1. The second-order valence-corrected chi connectivity index (χ2v) is 4.85. The van der Waals surface area contributed by atoms with E-state index in [1.165, 1.54) is 0 Å². The third-order valence-electron chi connectivity index (χ3n) is 2.82. The predicted molar refractivity (Wildman–Crippen MR) is 62.0 cm³/mol. The highest BCUT2D eigenvalue weighted by Crippen LogP contribution is 2.62. The second kappa shape index (κ2) is 4.37. The number of hydrogen-bond donors (Lipinski definition) is 0. The van der Waals surface area contributed by atoms with Gasteiger partial charge in [0.25, 0.3) is 5.92 Å². The van der Waals surface area contributed by atoms with Crippen LogP contribution < -0.4 is 0 Å². The molecule has 92 valence electrons. The van der Waals surface area contributed by atoms with Crippen molar-refractivity contribution in [1.82, 2.24) is 0 Å². The molecule has 1 aromatic rings. The van der Waals surface area contributed by atoms with Crippen LogP contribution in [0.15, 0.2) is 28.7 Å². The molecule has 2 unspecified atom stereocenters. The van der Waals surface area contributed by atoms with Crippen LogP contribution >= 0.6 is 15.9 Å². The molecule has 1 fully saturated rings. The zero-order valence-corrected chi connectivity index (χ0v) is 10.7. The van der Waals surface area contributed by atoms with E-state index in [9.17, 15) is 13.6 Å². The fourth-order valence-corrected chi connectivity index (χ4v) is 2.20. The quantitative estimate of drug-likeness (QED) is 0.800. The molecule has 1 aliphatic rings. The number of esters is 1. The Balaban J connectivity index is 2.18. The van der Waals surface area contributed by atoms with Gasteiger partial charge in [-0.05, 0) is 24.6 Å². The average molecular weight is 305 g/mol. The molecule has 0 amide bonds. The number of ether oxygens (including phenoxy) is 1. The molecule has 5 heteroatoms. The SMILES string of the molecule is CCOC(=O)C1C(c2ccc(Br)cc2)C1(F)F. The summed E-state index contributed by atoms with van der Waals surface area (Å²) in [6, 6.07) is 6.57. The van der Waals surface area contributed by atoms with Gasteiger partial charge in [-0.3, -0.25) is 4.79 Å². The summed E-state index contributed by atoms with van der Waals surface area (Å²) in [5.41, 5.74) is 0.469. The van der Waals surface area contributed by atoms with E-state index in [-0.39, 0.29) is 6.61 Å². The van der Waals surface area contributed by atoms with Crippen molar-refractivity contribution in [3.8, 4) is 0 Å². The monoisotopic (exact) mass is 304 g/mol. The molecule has 2 nitrogen and oxygen atoms in total. The molecule has 0 bridgehead atoms. The number of alkyl halides is 2. The van der Waals surface area contributed by atoms with Gasteiger partial charge >= 0.3 is 5.97 Å². The third-order valence-corrected chi connectivity index (χ3v) is 3.35. The van der Waals surface area contributed by atoms with E-state index >= 15 is 0 Å². The van der Waals surface area contributed by atoms with E-state index in [2.05, 4.69) is 20.7 Å². The lowest BCUT2D eigenvalue weighted by Crippen LogP contribution is -2.11. The maximum atomic E-state index is 13.5. The molecule has 1 aromatic carbocycles.